The minimum Gasteiger partial charge on any atom is -0.369 e. The van der Waals surface area contributed by atoms with Gasteiger partial charge in [-0.25, -0.2) is 0 Å². The molecule has 1 heterocycles. The van der Waals surface area contributed by atoms with Crippen LogP contribution in [0.1, 0.15) is 45.4 Å². The minimum absolute atomic E-state index is 0.243. The molecule has 1 aromatic rings. The Morgan fingerprint density at radius 3 is 2.45 bits per heavy atom. The van der Waals surface area contributed by atoms with E-state index < -0.39 is 0 Å². The van der Waals surface area contributed by atoms with E-state index in [9.17, 15) is 4.79 Å². The molecule has 0 aromatic heterocycles. The molecule has 0 bridgehead atoms. The van der Waals surface area contributed by atoms with Gasteiger partial charge in [-0.15, -0.1) is 0 Å². The molecule has 160 valence electrons. The fourth-order valence-electron chi connectivity index (χ4n) is 5.00. The summed E-state index contributed by atoms with van der Waals surface area (Å²) in [6.45, 7) is 7.38. The Labute approximate surface area is 184 Å². The van der Waals surface area contributed by atoms with Crippen molar-refractivity contribution in [1.82, 2.24) is 10.2 Å². The normalized spacial score (nSPS) is 30.2. The first-order valence-corrected chi connectivity index (χ1v) is 12.0. The second-order valence-corrected chi connectivity index (χ2v) is 9.94. The minimum atomic E-state index is 0.243. The van der Waals surface area contributed by atoms with Crippen LogP contribution in [0.15, 0.2) is 18.2 Å². The van der Waals surface area contributed by atoms with Crippen molar-refractivity contribution in [2.45, 2.75) is 51.5 Å². The summed E-state index contributed by atoms with van der Waals surface area (Å²) in [5, 5.41) is 4.56. The van der Waals surface area contributed by atoms with Gasteiger partial charge in [0.05, 0.1) is 10.0 Å². The molecule has 1 N–H and O–H groups in total. The Bertz CT molecular complexity index is 712. The maximum atomic E-state index is 12.6. The third-order valence-electron chi connectivity index (χ3n) is 7.16. The van der Waals surface area contributed by atoms with E-state index in [0.29, 0.717) is 27.9 Å². The number of amides is 1. The molecule has 2 saturated carbocycles. The highest BCUT2D eigenvalue weighted by Gasteiger charge is 2.44. The Kier molecular flexibility index (Phi) is 6.93. The first kappa shape index (κ1) is 21.3. The molecule has 0 spiro atoms. The lowest BCUT2D eigenvalue weighted by Crippen LogP contribution is -2.47. The number of carbonyl (C=O) groups is 1. The molecule has 1 aromatic carbocycles. The average Bonchev–Trinajstić information content (AvgIpc) is 3.50. The van der Waals surface area contributed by atoms with Gasteiger partial charge in [-0.2, -0.15) is 0 Å². The number of hydrogen-bond donors (Lipinski definition) is 1. The van der Waals surface area contributed by atoms with Crippen LogP contribution in [0.5, 0.6) is 0 Å². The van der Waals surface area contributed by atoms with E-state index in [1.807, 2.05) is 18.2 Å². The van der Waals surface area contributed by atoms with Crippen LogP contribution in [0.2, 0.25) is 10.0 Å². The molecule has 6 heteroatoms. The fraction of sp³-hybridized carbons (Fsp3) is 0.696. The van der Waals surface area contributed by atoms with Crippen LogP contribution in [-0.4, -0.2) is 49.6 Å². The number of carbonyl (C=O) groups excluding carboxylic acids is 1. The van der Waals surface area contributed by atoms with E-state index in [-0.39, 0.29) is 5.92 Å². The van der Waals surface area contributed by atoms with Gasteiger partial charge >= 0.3 is 0 Å². The van der Waals surface area contributed by atoms with Crippen molar-refractivity contribution < 1.29 is 4.79 Å². The largest absolute Gasteiger partial charge is 0.369 e. The van der Waals surface area contributed by atoms with Gasteiger partial charge in [0, 0.05) is 50.4 Å². The zero-order valence-corrected chi connectivity index (χ0v) is 18.9. The number of nitrogens with zero attached hydrogens (tertiary/aromatic N) is 2. The molecule has 2 aliphatic carbocycles. The summed E-state index contributed by atoms with van der Waals surface area (Å²) in [4.78, 5) is 17.5. The summed E-state index contributed by atoms with van der Waals surface area (Å²) >= 11 is 12.2. The van der Waals surface area contributed by atoms with Crippen molar-refractivity contribution in [3.8, 4) is 0 Å². The van der Waals surface area contributed by atoms with Crippen molar-refractivity contribution >= 4 is 34.8 Å². The second kappa shape index (κ2) is 9.45. The molecule has 29 heavy (non-hydrogen) atoms. The molecule has 3 fully saturated rings. The highest BCUT2D eigenvalue weighted by Crippen LogP contribution is 2.40. The number of nitrogens with one attached hydrogen (secondary N) is 1. The molecule has 3 aliphatic rings. The molecule has 4 nitrogen and oxygen atoms in total. The fourth-order valence-corrected chi connectivity index (χ4v) is 5.29. The number of rotatable bonds is 6. The quantitative estimate of drug-likeness (QED) is 0.691. The van der Waals surface area contributed by atoms with Crippen molar-refractivity contribution in [3.05, 3.63) is 28.2 Å². The van der Waals surface area contributed by atoms with Crippen LogP contribution < -0.4 is 10.2 Å². The van der Waals surface area contributed by atoms with Crippen LogP contribution in [0.25, 0.3) is 0 Å². The van der Waals surface area contributed by atoms with Gasteiger partial charge in [0.1, 0.15) is 0 Å². The predicted molar refractivity (Wildman–Crippen MR) is 121 cm³/mol. The monoisotopic (exact) mass is 437 g/mol. The van der Waals surface area contributed by atoms with Crippen LogP contribution >= 0.6 is 23.2 Å². The van der Waals surface area contributed by atoms with Gasteiger partial charge in [-0.05, 0) is 62.1 Å². The average molecular weight is 438 g/mol. The van der Waals surface area contributed by atoms with Gasteiger partial charge in [0.2, 0.25) is 5.91 Å². The molecular formula is C23H33Cl2N3O. The van der Waals surface area contributed by atoms with Gasteiger partial charge in [-0.1, -0.05) is 36.5 Å². The Morgan fingerprint density at radius 2 is 1.79 bits per heavy atom. The van der Waals surface area contributed by atoms with Crippen molar-refractivity contribution in [2.24, 2.45) is 17.8 Å². The predicted octanol–water partition coefficient (Wildman–Crippen LogP) is 4.84. The number of anilines is 1. The standard InChI is InChI=1S/C23H33Cl2N3O/c1-2-16-3-5-18(6-4-16)26-23(29)20-13-17(20)15-27-9-11-28(12-10-27)19-7-8-21(24)22(25)14-19/h7-8,14,16-18,20H,2-6,9-13,15H2,1H3,(H,26,29)/t16?,17?,18?,20-/m0/s1. The zero-order valence-electron chi connectivity index (χ0n) is 17.4. The SMILES string of the molecule is CCC1CCC(NC(=O)[C@H]2CC2CN2CCN(c3ccc(Cl)c(Cl)c3)CC2)CC1. The topological polar surface area (TPSA) is 35.6 Å². The van der Waals surface area contributed by atoms with E-state index >= 15 is 0 Å². The Hall–Kier alpha value is -0.970. The Morgan fingerprint density at radius 1 is 1.07 bits per heavy atom. The molecule has 4 rings (SSSR count). The summed E-state index contributed by atoms with van der Waals surface area (Å²) in [6.07, 6.45) is 7.22. The third kappa shape index (κ3) is 5.39. The van der Waals surface area contributed by atoms with E-state index in [1.165, 1.54) is 19.3 Å². The number of benzene rings is 1. The lowest BCUT2D eigenvalue weighted by atomic mass is 9.84. The van der Waals surface area contributed by atoms with Gasteiger partial charge in [0.25, 0.3) is 0 Å². The summed E-state index contributed by atoms with van der Waals surface area (Å²) in [7, 11) is 0. The molecular weight excluding hydrogens is 405 g/mol. The van der Waals surface area contributed by atoms with Crippen LogP contribution in [0.4, 0.5) is 5.69 Å². The zero-order chi connectivity index (χ0) is 20.4. The Balaban J connectivity index is 1.17. The molecule has 1 unspecified atom stereocenters. The molecule has 0 radical (unpaired) electrons. The first-order chi connectivity index (χ1) is 14.0. The summed E-state index contributed by atoms with van der Waals surface area (Å²) in [5.41, 5.74) is 1.14. The molecule has 1 aliphatic heterocycles. The molecule has 1 saturated heterocycles. The van der Waals surface area contributed by atoms with Crippen LogP contribution in [0, 0.1) is 17.8 Å². The molecule has 1 amide bonds. The van der Waals surface area contributed by atoms with Crippen LogP contribution in [-0.2, 0) is 4.79 Å². The molecule has 2 atom stereocenters. The van der Waals surface area contributed by atoms with E-state index in [0.717, 1.165) is 63.6 Å². The highest BCUT2D eigenvalue weighted by atomic mass is 35.5. The first-order valence-electron chi connectivity index (χ1n) is 11.3. The lowest BCUT2D eigenvalue weighted by molar-refractivity contribution is -0.123. The number of halogens is 2. The van der Waals surface area contributed by atoms with Crippen molar-refractivity contribution in [1.29, 1.82) is 0 Å². The van der Waals surface area contributed by atoms with E-state index in [2.05, 4.69) is 22.0 Å². The summed E-state index contributed by atoms with van der Waals surface area (Å²) < 4.78 is 0. The van der Waals surface area contributed by atoms with E-state index in [1.54, 1.807) is 0 Å². The van der Waals surface area contributed by atoms with E-state index in [4.69, 9.17) is 23.2 Å². The maximum absolute atomic E-state index is 12.6. The number of piperazine rings is 1. The summed E-state index contributed by atoms with van der Waals surface area (Å²) in [6, 6.07) is 6.28. The smallest absolute Gasteiger partial charge is 0.223 e. The summed E-state index contributed by atoms with van der Waals surface area (Å²) in [5.74, 6) is 1.97. The van der Waals surface area contributed by atoms with Crippen LogP contribution in [0.3, 0.4) is 0 Å². The lowest BCUT2D eigenvalue weighted by Gasteiger charge is -2.36. The maximum Gasteiger partial charge on any atom is 0.223 e. The number of hydrogen-bond acceptors (Lipinski definition) is 3. The van der Waals surface area contributed by atoms with Gasteiger partial charge in [-0.3, -0.25) is 9.69 Å². The van der Waals surface area contributed by atoms with Gasteiger partial charge < -0.3 is 10.2 Å². The second-order valence-electron chi connectivity index (χ2n) is 9.12. The highest BCUT2D eigenvalue weighted by molar-refractivity contribution is 6.42. The van der Waals surface area contributed by atoms with Gasteiger partial charge in [0.15, 0.2) is 0 Å². The van der Waals surface area contributed by atoms with Crippen molar-refractivity contribution in [3.63, 3.8) is 0 Å². The van der Waals surface area contributed by atoms with Crippen molar-refractivity contribution in [2.75, 3.05) is 37.6 Å². The third-order valence-corrected chi connectivity index (χ3v) is 7.90.